The van der Waals surface area contributed by atoms with E-state index in [-0.39, 0.29) is 42.6 Å². The average molecular weight is 596 g/mol. The molecular weight excluding hydrogens is 553 g/mol. The van der Waals surface area contributed by atoms with Gasteiger partial charge >= 0.3 is 6.09 Å². The second-order valence-corrected chi connectivity index (χ2v) is 13.2. The Kier molecular flexibility index (Phi) is 8.32. The van der Waals surface area contributed by atoms with Crippen molar-refractivity contribution in [2.75, 3.05) is 57.4 Å². The van der Waals surface area contributed by atoms with Crippen molar-refractivity contribution in [2.45, 2.75) is 70.4 Å². The van der Waals surface area contributed by atoms with Gasteiger partial charge in [0, 0.05) is 50.5 Å². The Morgan fingerprint density at radius 1 is 1.09 bits per heavy atom. The van der Waals surface area contributed by atoms with E-state index in [1.54, 1.807) is 23.2 Å². The topological polar surface area (TPSA) is 87.7 Å². The zero-order valence-corrected chi connectivity index (χ0v) is 25.5. The van der Waals surface area contributed by atoms with Crippen LogP contribution in [-0.4, -0.2) is 114 Å². The third kappa shape index (κ3) is 6.78. The summed E-state index contributed by atoms with van der Waals surface area (Å²) in [5, 5.41) is 0. The molecule has 1 aromatic heterocycles. The van der Waals surface area contributed by atoms with E-state index in [4.69, 9.17) is 14.2 Å². The van der Waals surface area contributed by atoms with E-state index in [1.807, 2.05) is 38.7 Å². The lowest BCUT2D eigenvalue weighted by Gasteiger charge is -2.47. The number of carbonyl (C=O) groups is 2. The maximum absolute atomic E-state index is 14.0. The first kappa shape index (κ1) is 29.8. The number of likely N-dealkylation sites (tertiary alicyclic amines) is 1. The second-order valence-electron chi connectivity index (χ2n) is 13.2. The Labute approximate surface area is 252 Å². The normalized spacial score (nSPS) is 25.9. The van der Waals surface area contributed by atoms with Gasteiger partial charge in [-0.1, -0.05) is 12.1 Å². The first-order chi connectivity index (χ1) is 20.5. The molecule has 5 heterocycles. The summed E-state index contributed by atoms with van der Waals surface area (Å²) < 4.78 is 30.8. The lowest BCUT2D eigenvalue weighted by molar-refractivity contribution is -0.122. The fourth-order valence-corrected chi connectivity index (χ4v) is 6.62. The standard InChI is InChI=1S/C32H42FN5O5/c1-21-15-35(26(16-36-18-27-13-25(36)20-42-27)17-38(21)31(40)43-32(2,3)4)19-29(39)37-9-10-41-30-28(37)12-23(14-34-30)11-22-5-7-24(33)8-6-22/h5-8,12,14,21,25-27H,9-11,13,15-20H2,1-4H3/t21-,25+,26+,27+/m1/s1. The second kappa shape index (κ2) is 12.0. The fourth-order valence-electron chi connectivity index (χ4n) is 6.62. The van der Waals surface area contributed by atoms with E-state index in [0.717, 1.165) is 37.2 Å². The molecular formula is C32H42FN5O5. The predicted molar refractivity (Wildman–Crippen MR) is 159 cm³/mol. The van der Waals surface area contributed by atoms with Crippen LogP contribution in [0.1, 0.15) is 45.2 Å². The van der Waals surface area contributed by atoms with Crippen molar-refractivity contribution in [3.05, 3.63) is 53.5 Å². The SMILES string of the molecule is C[C@@H]1CN(CC(=O)N2CCOc3ncc(Cc4ccc(F)cc4)cc32)[C@@H](CN2C[C@@H]3C[C@H]2CO3)CN1C(=O)OC(C)(C)C. The molecule has 3 saturated heterocycles. The Balaban J connectivity index is 1.19. The van der Waals surface area contributed by atoms with Crippen molar-refractivity contribution in [1.82, 2.24) is 19.7 Å². The van der Waals surface area contributed by atoms with Gasteiger partial charge in [0.25, 0.3) is 0 Å². The molecule has 43 heavy (non-hydrogen) atoms. The molecule has 4 aliphatic rings. The Morgan fingerprint density at radius 2 is 1.88 bits per heavy atom. The number of ether oxygens (including phenoxy) is 3. The van der Waals surface area contributed by atoms with Gasteiger partial charge in [-0.15, -0.1) is 0 Å². The summed E-state index contributed by atoms with van der Waals surface area (Å²) in [7, 11) is 0. The smallest absolute Gasteiger partial charge is 0.410 e. The maximum atomic E-state index is 14.0. The number of fused-ring (bicyclic) bond motifs is 3. The van der Waals surface area contributed by atoms with E-state index in [2.05, 4.69) is 14.8 Å². The van der Waals surface area contributed by atoms with Crippen molar-refractivity contribution < 1.29 is 28.2 Å². The van der Waals surface area contributed by atoms with E-state index in [0.29, 0.717) is 50.3 Å². The van der Waals surface area contributed by atoms with Gasteiger partial charge in [-0.05, 0) is 69.9 Å². The number of amides is 2. The number of morpholine rings is 1. The Bertz CT molecular complexity index is 1330. The van der Waals surface area contributed by atoms with Crippen LogP contribution in [0.2, 0.25) is 0 Å². The van der Waals surface area contributed by atoms with Gasteiger partial charge < -0.3 is 24.0 Å². The monoisotopic (exact) mass is 595 g/mol. The molecule has 10 nitrogen and oxygen atoms in total. The van der Waals surface area contributed by atoms with Crippen molar-refractivity contribution in [2.24, 2.45) is 0 Å². The number of hydrogen-bond acceptors (Lipinski definition) is 8. The number of halogens is 1. The molecule has 6 rings (SSSR count). The minimum absolute atomic E-state index is 0.0283. The first-order valence-electron chi connectivity index (χ1n) is 15.3. The maximum Gasteiger partial charge on any atom is 0.410 e. The molecule has 232 valence electrons. The van der Waals surface area contributed by atoms with Crippen LogP contribution in [0.15, 0.2) is 36.5 Å². The summed E-state index contributed by atoms with van der Waals surface area (Å²) >= 11 is 0. The lowest BCUT2D eigenvalue weighted by atomic mass is 10.1. The number of carbonyl (C=O) groups excluding carboxylic acids is 2. The zero-order valence-electron chi connectivity index (χ0n) is 25.5. The number of nitrogens with zero attached hydrogens (tertiary/aromatic N) is 5. The third-order valence-electron chi connectivity index (χ3n) is 8.74. The molecule has 4 atom stereocenters. The molecule has 2 bridgehead atoms. The molecule has 0 unspecified atom stereocenters. The largest absolute Gasteiger partial charge is 0.474 e. The summed E-state index contributed by atoms with van der Waals surface area (Å²) in [6, 6.07) is 8.59. The molecule has 2 amide bonds. The van der Waals surface area contributed by atoms with Gasteiger partial charge in [-0.3, -0.25) is 14.6 Å². The summed E-state index contributed by atoms with van der Waals surface area (Å²) in [5.74, 6) is 0.136. The number of anilines is 1. The minimum atomic E-state index is -0.585. The number of aromatic nitrogens is 1. The Morgan fingerprint density at radius 3 is 2.58 bits per heavy atom. The average Bonchev–Trinajstić information content (AvgIpc) is 3.58. The van der Waals surface area contributed by atoms with E-state index >= 15 is 0 Å². The lowest BCUT2D eigenvalue weighted by Crippen LogP contribution is -2.64. The van der Waals surface area contributed by atoms with Gasteiger partial charge in [-0.2, -0.15) is 0 Å². The van der Waals surface area contributed by atoms with Crippen LogP contribution in [0, 0.1) is 5.82 Å². The first-order valence-corrected chi connectivity index (χ1v) is 15.3. The summed E-state index contributed by atoms with van der Waals surface area (Å²) in [4.78, 5) is 39.9. The van der Waals surface area contributed by atoms with Crippen molar-refractivity contribution in [3.63, 3.8) is 0 Å². The molecule has 0 aliphatic carbocycles. The van der Waals surface area contributed by atoms with E-state index in [9.17, 15) is 14.0 Å². The van der Waals surface area contributed by atoms with Gasteiger partial charge in [0.05, 0.1) is 25.8 Å². The molecule has 0 saturated carbocycles. The molecule has 4 aliphatic heterocycles. The number of hydrogen-bond donors (Lipinski definition) is 0. The number of piperazine rings is 1. The number of rotatable bonds is 6. The highest BCUT2D eigenvalue weighted by atomic mass is 19.1. The quantitative estimate of drug-likeness (QED) is 0.503. The number of pyridine rings is 1. The number of benzene rings is 1. The highest BCUT2D eigenvalue weighted by molar-refractivity contribution is 5.96. The zero-order chi connectivity index (χ0) is 30.3. The van der Waals surface area contributed by atoms with Crippen LogP contribution < -0.4 is 9.64 Å². The summed E-state index contributed by atoms with van der Waals surface area (Å²) in [6.45, 7) is 12.1. The highest BCUT2D eigenvalue weighted by Crippen LogP contribution is 2.32. The Hall–Kier alpha value is -3.28. The van der Waals surface area contributed by atoms with Crippen molar-refractivity contribution in [1.29, 1.82) is 0 Å². The van der Waals surface area contributed by atoms with Gasteiger partial charge in [0.15, 0.2) is 0 Å². The molecule has 11 heteroatoms. The fraction of sp³-hybridized carbons (Fsp3) is 0.594. The van der Waals surface area contributed by atoms with Crippen LogP contribution in [-0.2, 0) is 20.7 Å². The molecule has 0 spiro atoms. The summed E-state index contributed by atoms with van der Waals surface area (Å²) in [6.07, 6.45) is 3.30. The van der Waals surface area contributed by atoms with Gasteiger partial charge in [-0.25, -0.2) is 14.2 Å². The van der Waals surface area contributed by atoms with Gasteiger partial charge in [0.1, 0.15) is 23.7 Å². The van der Waals surface area contributed by atoms with Crippen LogP contribution in [0.3, 0.4) is 0 Å². The van der Waals surface area contributed by atoms with E-state index in [1.165, 1.54) is 12.1 Å². The van der Waals surface area contributed by atoms with Crippen LogP contribution in [0.4, 0.5) is 14.9 Å². The molecule has 0 radical (unpaired) electrons. The van der Waals surface area contributed by atoms with Crippen LogP contribution in [0.5, 0.6) is 5.88 Å². The minimum Gasteiger partial charge on any atom is -0.474 e. The van der Waals surface area contributed by atoms with Crippen molar-refractivity contribution in [3.8, 4) is 5.88 Å². The van der Waals surface area contributed by atoms with Crippen LogP contribution >= 0.6 is 0 Å². The predicted octanol–water partition coefficient (Wildman–Crippen LogP) is 3.32. The molecule has 0 N–H and O–H groups in total. The molecule has 3 fully saturated rings. The van der Waals surface area contributed by atoms with Crippen molar-refractivity contribution >= 4 is 17.7 Å². The van der Waals surface area contributed by atoms with Gasteiger partial charge in [0.2, 0.25) is 11.8 Å². The summed E-state index contributed by atoms with van der Waals surface area (Å²) in [5.41, 5.74) is 1.94. The molecule has 1 aromatic carbocycles. The van der Waals surface area contributed by atoms with E-state index < -0.39 is 5.60 Å². The highest BCUT2D eigenvalue weighted by Gasteiger charge is 2.43. The van der Waals surface area contributed by atoms with Crippen LogP contribution in [0.25, 0.3) is 0 Å². The molecule has 2 aromatic rings. The third-order valence-corrected chi connectivity index (χ3v) is 8.74.